The van der Waals surface area contributed by atoms with Gasteiger partial charge in [-0.05, 0) is 49.2 Å². The summed E-state index contributed by atoms with van der Waals surface area (Å²) in [5.41, 5.74) is 2.27. The smallest absolute Gasteiger partial charge is 0.290 e. The van der Waals surface area contributed by atoms with Crippen molar-refractivity contribution in [3.05, 3.63) is 83.3 Å². The summed E-state index contributed by atoms with van der Waals surface area (Å²) < 4.78 is 38.9. The molecule has 1 aliphatic rings. The molecule has 0 N–H and O–H groups in total. The Hall–Kier alpha value is -3.10. The van der Waals surface area contributed by atoms with Crippen LogP contribution in [0.5, 0.6) is 5.75 Å². The molecule has 1 fully saturated rings. The topological polar surface area (TPSA) is 80.1 Å². The van der Waals surface area contributed by atoms with E-state index >= 15 is 0 Å². The van der Waals surface area contributed by atoms with Crippen molar-refractivity contribution in [2.45, 2.75) is 25.3 Å². The molecule has 32 heavy (non-hydrogen) atoms. The van der Waals surface area contributed by atoms with Gasteiger partial charge in [-0.15, -0.1) is 0 Å². The van der Waals surface area contributed by atoms with Crippen LogP contribution in [0.15, 0.2) is 70.2 Å². The van der Waals surface area contributed by atoms with E-state index in [1.165, 1.54) is 10.6 Å². The predicted molar refractivity (Wildman–Crippen MR) is 120 cm³/mol. The number of hydrogen-bond donors (Lipinski definition) is 0. The van der Waals surface area contributed by atoms with Crippen LogP contribution >= 0.6 is 0 Å². The maximum Gasteiger partial charge on any atom is 0.290 e. The zero-order valence-corrected chi connectivity index (χ0v) is 19.0. The lowest BCUT2D eigenvalue weighted by atomic mass is 10.2. The molecule has 0 atom stereocenters. The Morgan fingerprint density at radius 3 is 2.44 bits per heavy atom. The first-order valence-corrected chi connectivity index (χ1v) is 11.9. The maximum atomic E-state index is 13.1. The van der Waals surface area contributed by atoms with Gasteiger partial charge in [-0.25, -0.2) is 8.42 Å². The molecular weight excluding hydrogens is 428 g/mol. The fourth-order valence-electron chi connectivity index (χ4n) is 3.71. The van der Waals surface area contributed by atoms with Gasteiger partial charge in [0.2, 0.25) is 10.0 Å². The maximum absolute atomic E-state index is 13.1. The number of carbonyl (C=O) groups excluding carboxylic acids is 1. The average Bonchev–Trinajstić information content (AvgIpc) is 3.28. The minimum absolute atomic E-state index is 0.211. The van der Waals surface area contributed by atoms with Crippen molar-refractivity contribution in [2.75, 3.05) is 26.2 Å². The summed E-state index contributed by atoms with van der Waals surface area (Å²) in [6, 6.07) is 16.5. The third-order valence-electron chi connectivity index (χ3n) is 5.57. The summed E-state index contributed by atoms with van der Waals surface area (Å²) in [4.78, 5) is 15.0. The van der Waals surface area contributed by atoms with Gasteiger partial charge >= 0.3 is 0 Å². The molecular formula is C24H26N2O5S. The third-order valence-corrected chi connectivity index (χ3v) is 7.61. The van der Waals surface area contributed by atoms with E-state index in [2.05, 4.69) is 0 Å². The molecule has 0 unspecified atom stereocenters. The molecule has 1 amide bonds. The van der Waals surface area contributed by atoms with Gasteiger partial charge in [-0.3, -0.25) is 4.79 Å². The molecule has 4 rings (SSSR count). The first-order chi connectivity index (χ1) is 15.4. The number of furan rings is 1. The lowest BCUT2D eigenvalue weighted by molar-refractivity contribution is 0.0662. The Morgan fingerprint density at radius 2 is 1.72 bits per heavy atom. The number of benzene rings is 2. The van der Waals surface area contributed by atoms with Crippen molar-refractivity contribution in [2.24, 2.45) is 0 Å². The van der Waals surface area contributed by atoms with E-state index in [1.807, 2.05) is 49.4 Å². The van der Waals surface area contributed by atoms with Crippen LogP contribution in [0.3, 0.4) is 0 Å². The number of sulfonamides is 1. The first-order valence-electron chi connectivity index (χ1n) is 10.5. The standard InChI is InChI=1S/C24H26N2O5S/c1-18-8-9-19(2)22(16-18)32(28,29)26-13-11-25(12-14-26)24(27)23-20(10-15-30-23)17-31-21-6-4-3-5-7-21/h3-10,15-16H,11-14,17H2,1-2H3. The highest BCUT2D eigenvalue weighted by Crippen LogP contribution is 2.24. The minimum Gasteiger partial charge on any atom is -0.489 e. The first kappa shape index (κ1) is 22.1. The van der Waals surface area contributed by atoms with E-state index in [0.29, 0.717) is 34.9 Å². The van der Waals surface area contributed by atoms with Crippen molar-refractivity contribution in [3.8, 4) is 5.75 Å². The highest BCUT2D eigenvalue weighted by molar-refractivity contribution is 7.89. The number of carbonyl (C=O) groups is 1. The largest absolute Gasteiger partial charge is 0.489 e. The van der Waals surface area contributed by atoms with Gasteiger partial charge < -0.3 is 14.1 Å². The van der Waals surface area contributed by atoms with Crippen LogP contribution in [-0.2, 0) is 16.6 Å². The number of hydrogen-bond acceptors (Lipinski definition) is 5. The van der Waals surface area contributed by atoms with Crippen LogP contribution in [0.4, 0.5) is 0 Å². The van der Waals surface area contributed by atoms with E-state index in [-0.39, 0.29) is 31.4 Å². The van der Waals surface area contributed by atoms with Crippen LogP contribution in [0.1, 0.15) is 27.2 Å². The van der Waals surface area contributed by atoms with Gasteiger partial charge in [0.05, 0.1) is 11.2 Å². The SMILES string of the molecule is Cc1ccc(C)c(S(=O)(=O)N2CCN(C(=O)c3occc3COc3ccccc3)CC2)c1. The summed E-state index contributed by atoms with van der Waals surface area (Å²) >= 11 is 0. The molecule has 2 aromatic carbocycles. The van der Waals surface area contributed by atoms with Crippen molar-refractivity contribution >= 4 is 15.9 Å². The Kier molecular flexibility index (Phi) is 6.34. The van der Waals surface area contributed by atoms with Crippen molar-refractivity contribution in [3.63, 3.8) is 0 Å². The Balaban J connectivity index is 1.41. The Bertz CT molecular complexity index is 1200. The van der Waals surface area contributed by atoms with Crippen LogP contribution in [-0.4, -0.2) is 49.7 Å². The van der Waals surface area contributed by atoms with E-state index < -0.39 is 10.0 Å². The van der Waals surface area contributed by atoms with Gasteiger partial charge in [0, 0.05) is 31.7 Å². The van der Waals surface area contributed by atoms with Gasteiger partial charge in [-0.2, -0.15) is 4.31 Å². The number of piperazine rings is 1. The van der Waals surface area contributed by atoms with E-state index in [9.17, 15) is 13.2 Å². The van der Waals surface area contributed by atoms with Gasteiger partial charge in [-0.1, -0.05) is 30.3 Å². The zero-order chi connectivity index (χ0) is 22.7. The van der Waals surface area contributed by atoms with Gasteiger partial charge in [0.1, 0.15) is 12.4 Å². The molecule has 0 spiro atoms. The Morgan fingerprint density at radius 1 is 1.00 bits per heavy atom. The molecule has 1 aromatic heterocycles. The molecule has 7 nitrogen and oxygen atoms in total. The van der Waals surface area contributed by atoms with E-state index in [4.69, 9.17) is 9.15 Å². The second-order valence-electron chi connectivity index (χ2n) is 7.84. The lowest BCUT2D eigenvalue weighted by Crippen LogP contribution is -2.50. The molecule has 2 heterocycles. The average molecular weight is 455 g/mol. The van der Waals surface area contributed by atoms with Crippen LogP contribution in [0.2, 0.25) is 0 Å². The number of para-hydroxylation sites is 1. The summed E-state index contributed by atoms with van der Waals surface area (Å²) in [5, 5.41) is 0. The van der Waals surface area contributed by atoms with E-state index in [1.54, 1.807) is 24.0 Å². The molecule has 1 aliphatic heterocycles. The summed E-state index contributed by atoms with van der Waals surface area (Å²) in [7, 11) is -3.61. The number of nitrogens with zero attached hydrogens (tertiary/aromatic N) is 2. The molecule has 0 bridgehead atoms. The number of rotatable bonds is 6. The number of ether oxygens (including phenoxy) is 1. The van der Waals surface area contributed by atoms with Crippen LogP contribution in [0, 0.1) is 13.8 Å². The highest BCUT2D eigenvalue weighted by atomic mass is 32.2. The minimum atomic E-state index is -3.61. The predicted octanol–water partition coefficient (Wildman–Crippen LogP) is 3.62. The zero-order valence-electron chi connectivity index (χ0n) is 18.2. The highest BCUT2D eigenvalue weighted by Gasteiger charge is 2.32. The molecule has 0 aliphatic carbocycles. The summed E-state index contributed by atoms with van der Waals surface area (Å²) in [6.45, 7) is 4.93. The van der Waals surface area contributed by atoms with Gasteiger partial charge in [0.25, 0.3) is 5.91 Å². The quantitative estimate of drug-likeness (QED) is 0.568. The molecule has 0 radical (unpaired) electrons. The lowest BCUT2D eigenvalue weighted by Gasteiger charge is -2.34. The summed E-state index contributed by atoms with van der Waals surface area (Å²) in [5.74, 6) is 0.676. The molecule has 3 aromatic rings. The van der Waals surface area contributed by atoms with Crippen molar-refractivity contribution in [1.29, 1.82) is 0 Å². The fraction of sp³-hybridized carbons (Fsp3) is 0.292. The van der Waals surface area contributed by atoms with E-state index in [0.717, 1.165) is 5.56 Å². The number of amides is 1. The molecule has 1 saturated heterocycles. The molecule has 168 valence electrons. The number of aryl methyl sites for hydroxylation is 2. The normalized spacial score (nSPS) is 15.0. The second kappa shape index (κ2) is 9.18. The molecule has 8 heteroatoms. The fourth-order valence-corrected chi connectivity index (χ4v) is 5.45. The van der Waals surface area contributed by atoms with Crippen LogP contribution < -0.4 is 4.74 Å². The van der Waals surface area contributed by atoms with Crippen LogP contribution in [0.25, 0.3) is 0 Å². The Labute approximate surface area is 188 Å². The van der Waals surface area contributed by atoms with Crippen molar-refractivity contribution < 1.29 is 22.4 Å². The third kappa shape index (κ3) is 4.56. The molecule has 0 saturated carbocycles. The van der Waals surface area contributed by atoms with Crippen molar-refractivity contribution in [1.82, 2.24) is 9.21 Å². The summed E-state index contributed by atoms with van der Waals surface area (Å²) in [6.07, 6.45) is 1.47. The second-order valence-corrected chi connectivity index (χ2v) is 9.75. The van der Waals surface area contributed by atoms with Gasteiger partial charge in [0.15, 0.2) is 5.76 Å². The monoisotopic (exact) mass is 454 g/mol.